The first-order valence-corrected chi connectivity index (χ1v) is 8.30. The highest BCUT2D eigenvalue weighted by atomic mass is 35.5. The molecule has 2 aromatic carbocycles. The summed E-state index contributed by atoms with van der Waals surface area (Å²) in [6, 6.07) is 15.2. The molecule has 0 amide bonds. The second kappa shape index (κ2) is 6.21. The molecule has 104 valence electrons. The Labute approximate surface area is 129 Å². The predicted octanol–water partition coefficient (Wildman–Crippen LogP) is 4.98. The molecule has 0 radical (unpaired) electrons. The van der Waals surface area contributed by atoms with E-state index in [0.29, 0.717) is 6.04 Å². The van der Waals surface area contributed by atoms with Crippen molar-refractivity contribution in [2.24, 2.45) is 0 Å². The largest absolute Gasteiger partial charge is 0.306 e. The number of thioether (sulfide) groups is 1. The van der Waals surface area contributed by atoms with E-state index in [9.17, 15) is 0 Å². The van der Waals surface area contributed by atoms with E-state index in [1.54, 1.807) is 0 Å². The molecule has 2 aromatic rings. The summed E-state index contributed by atoms with van der Waals surface area (Å²) in [7, 11) is 0. The molecule has 0 aliphatic carbocycles. The highest BCUT2D eigenvalue weighted by Crippen LogP contribution is 2.37. The van der Waals surface area contributed by atoms with Gasteiger partial charge in [-0.05, 0) is 54.0 Å². The van der Waals surface area contributed by atoms with Crippen molar-refractivity contribution in [3.05, 3.63) is 64.2 Å². The van der Waals surface area contributed by atoms with Crippen LogP contribution in [-0.4, -0.2) is 5.75 Å². The number of hydrogen-bond donors (Lipinski definition) is 1. The third-order valence-corrected chi connectivity index (χ3v) is 5.17. The molecule has 0 aromatic heterocycles. The van der Waals surface area contributed by atoms with Crippen LogP contribution < -0.4 is 5.32 Å². The van der Waals surface area contributed by atoms with Crippen molar-refractivity contribution in [3.8, 4) is 0 Å². The summed E-state index contributed by atoms with van der Waals surface area (Å²) in [5, 5.41) is 4.52. The third-order valence-electron chi connectivity index (χ3n) is 3.81. The summed E-state index contributed by atoms with van der Waals surface area (Å²) < 4.78 is 0. The lowest BCUT2D eigenvalue weighted by Crippen LogP contribution is -2.24. The monoisotopic (exact) mass is 303 g/mol. The van der Waals surface area contributed by atoms with Crippen LogP contribution in [-0.2, 0) is 6.54 Å². The molecule has 0 saturated carbocycles. The van der Waals surface area contributed by atoms with Gasteiger partial charge in [-0.25, -0.2) is 0 Å². The van der Waals surface area contributed by atoms with Gasteiger partial charge < -0.3 is 5.32 Å². The number of aryl methyl sites for hydroxylation is 1. The van der Waals surface area contributed by atoms with Crippen LogP contribution in [0.2, 0.25) is 5.02 Å². The van der Waals surface area contributed by atoms with Crippen molar-refractivity contribution < 1.29 is 0 Å². The molecule has 1 nitrogen and oxygen atoms in total. The Morgan fingerprint density at radius 3 is 2.95 bits per heavy atom. The fourth-order valence-electron chi connectivity index (χ4n) is 2.62. The minimum absolute atomic E-state index is 0.407. The lowest BCUT2D eigenvalue weighted by atomic mass is 10.0. The third kappa shape index (κ3) is 3.03. The van der Waals surface area contributed by atoms with Crippen molar-refractivity contribution in [2.75, 3.05) is 5.75 Å². The van der Waals surface area contributed by atoms with E-state index in [2.05, 4.69) is 48.6 Å². The molecule has 0 spiro atoms. The maximum Gasteiger partial charge on any atom is 0.0410 e. The van der Waals surface area contributed by atoms with Gasteiger partial charge in [-0.3, -0.25) is 0 Å². The molecular weight excluding hydrogens is 286 g/mol. The summed E-state index contributed by atoms with van der Waals surface area (Å²) in [5.74, 6) is 1.17. The second-order valence-electron chi connectivity index (χ2n) is 5.18. The Balaban J connectivity index is 1.77. The van der Waals surface area contributed by atoms with Gasteiger partial charge in [0, 0.05) is 22.5 Å². The first kappa shape index (κ1) is 14.0. The molecule has 0 bridgehead atoms. The lowest BCUT2D eigenvalue weighted by molar-refractivity contribution is 0.509. The summed E-state index contributed by atoms with van der Waals surface area (Å²) in [6.07, 6.45) is 1.16. The fourth-order valence-corrected chi connectivity index (χ4v) is 3.91. The van der Waals surface area contributed by atoms with E-state index in [1.165, 1.54) is 27.3 Å². The first-order valence-electron chi connectivity index (χ1n) is 6.94. The van der Waals surface area contributed by atoms with Crippen LogP contribution in [0.1, 0.15) is 29.2 Å². The van der Waals surface area contributed by atoms with Crippen LogP contribution in [0.4, 0.5) is 0 Å². The van der Waals surface area contributed by atoms with Gasteiger partial charge in [-0.1, -0.05) is 35.9 Å². The summed E-state index contributed by atoms with van der Waals surface area (Å²) in [5.41, 5.74) is 4.06. The normalized spacial score (nSPS) is 17.8. The smallest absolute Gasteiger partial charge is 0.0410 e. The zero-order chi connectivity index (χ0) is 13.9. The van der Waals surface area contributed by atoms with E-state index in [1.807, 2.05) is 17.8 Å². The number of hydrogen-bond acceptors (Lipinski definition) is 2. The highest BCUT2D eigenvalue weighted by Gasteiger charge is 2.20. The number of fused-ring (bicyclic) bond motifs is 1. The van der Waals surface area contributed by atoms with Gasteiger partial charge in [-0.15, -0.1) is 11.8 Å². The quantitative estimate of drug-likeness (QED) is 0.858. The molecule has 1 aliphatic rings. The number of benzene rings is 2. The van der Waals surface area contributed by atoms with Crippen molar-refractivity contribution >= 4 is 23.4 Å². The Morgan fingerprint density at radius 2 is 2.10 bits per heavy atom. The Kier molecular flexibility index (Phi) is 4.35. The topological polar surface area (TPSA) is 12.0 Å². The molecule has 3 heteroatoms. The maximum absolute atomic E-state index is 6.15. The van der Waals surface area contributed by atoms with Crippen LogP contribution in [0.25, 0.3) is 0 Å². The minimum Gasteiger partial charge on any atom is -0.306 e. The van der Waals surface area contributed by atoms with Gasteiger partial charge >= 0.3 is 0 Å². The Morgan fingerprint density at radius 1 is 1.25 bits per heavy atom. The average Bonchev–Trinajstić information content (AvgIpc) is 2.46. The van der Waals surface area contributed by atoms with Gasteiger partial charge in [-0.2, -0.15) is 0 Å². The highest BCUT2D eigenvalue weighted by molar-refractivity contribution is 7.99. The van der Waals surface area contributed by atoms with Crippen LogP contribution in [0.3, 0.4) is 0 Å². The summed E-state index contributed by atoms with van der Waals surface area (Å²) in [4.78, 5) is 1.36. The number of halogens is 1. The van der Waals surface area contributed by atoms with E-state index in [4.69, 9.17) is 11.6 Å². The zero-order valence-corrected chi connectivity index (χ0v) is 13.1. The SMILES string of the molecule is Cc1ccccc1CNC1CCSc2ccc(Cl)cc21. The molecular formula is C17H18ClNS. The Hall–Kier alpha value is -0.960. The van der Waals surface area contributed by atoms with Crippen LogP contribution >= 0.6 is 23.4 Å². The van der Waals surface area contributed by atoms with Crippen molar-refractivity contribution in [2.45, 2.75) is 30.8 Å². The van der Waals surface area contributed by atoms with Gasteiger partial charge in [0.25, 0.3) is 0 Å². The predicted molar refractivity (Wildman–Crippen MR) is 87.6 cm³/mol. The zero-order valence-electron chi connectivity index (χ0n) is 11.5. The molecule has 1 N–H and O–H groups in total. The average molecular weight is 304 g/mol. The number of nitrogens with one attached hydrogen (secondary N) is 1. The molecule has 20 heavy (non-hydrogen) atoms. The molecule has 3 rings (SSSR count). The van der Waals surface area contributed by atoms with E-state index < -0.39 is 0 Å². The van der Waals surface area contributed by atoms with E-state index in [0.717, 1.165) is 18.0 Å². The molecule has 1 atom stereocenters. The molecule has 0 saturated heterocycles. The number of rotatable bonds is 3. The van der Waals surface area contributed by atoms with Crippen molar-refractivity contribution in [1.29, 1.82) is 0 Å². The summed E-state index contributed by atoms with van der Waals surface area (Å²) >= 11 is 8.07. The molecule has 1 heterocycles. The van der Waals surface area contributed by atoms with Gasteiger partial charge in [0.1, 0.15) is 0 Å². The van der Waals surface area contributed by atoms with E-state index >= 15 is 0 Å². The van der Waals surface area contributed by atoms with Crippen molar-refractivity contribution in [1.82, 2.24) is 5.32 Å². The molecule has 1 unspecified atom stereocenters. The standard InChI is InChI=1S/C17H18ClNS/c1-12-4-2-3-5-13(12)11-19-16-8-9-20-17-7-6-14(18)10-15(16)17/h2-7,10,16,19H,8-9,11H2,1H3. The van der Waals surface area contributed by atoms with Crippen LogP contribution in [0, 0.1) is 6.92 Å². The van der Waals surface area contributed by atoms with Gasteiger partial charge in [0.15, 0.2) is 0 Å². The Bertz CT molecular complexity index is 612. The van der Waals surface area contributed by atoms with Crippen LogP contribution in [0.5, 0.6) is 0 Å². The first-order chi connectivity index (χ1) is 9.74. The van der Waals surface area contributed by atoms with Gasteiger partial charge in [0.05, 0.1) is 0 Å². The van der Waals surface area contributed by atoms with Crippen LogP contribution in [0.15, 0.2) is 47.4 Å². The van der Waals surface area contributed by atoms with E-state index in [-0.39, 0.29) is 0 Å². The minimum atomic E-state index is 0.407. The molecule has 0 fully saturated rings. The molecule has 1 aliphatic heterocycles. The fraction of sp³-hybridized carbons (Fsp3) is 0.294. The lowest BCUT2D eigenvalue weighted by Gasteiger charge is -2.26. The maximum atomic E-state index is 6.15. The summed E-state index contributed by atoms with van der Waals surface area (Å²) in [6.45, 7) is 3.08. The second-order valence-corrected chi connectivity index (χ2v) is 6.75. The van der Waals surface area contributed by atoms with Gasteiger partial charge in [0.2, 0.25) is 0 Å². The van der Waals surface area contributed by atoms with Crippen molar-refractivity contribution in [3.63, 3.8) is 0 Å².